The van der Waals surface area contributed by atoms with Crippen LogP contribution in [-0.4, -0.2) is 28.3 Å². The Bertz CT molecular complexity index is 1440. The summed E-state index contributed by atoms with van der Waals surface area (Å²) in [4.78, 5) is 44.0. The zero-order valence-electron chi connectivity index (χ0n) is 18.6. The normalized spacial score (nSPS) is 10.8. The number of aromatic nitrogens is 2. The molecule has 0 bridgehead atoms. The number of methoxy groups -OCH3 is 1. The van der Waals surface area contributed by atoms with E-state index in [1.807, 2.05) is 26.0 Å². The Morgan fingerprint density at radius 3 is 2.42 bits per heavy atom. The zero-order valence-corrected chi connectivity index (χ0v) is 19.4. The third-order valence-corrected chi connectivity index (χ3v) is 6.31. The molecule has 0 fully saturated rings. The molecule has 2 heterocycles. The molecule has 2 amide bonds. The SMILES string of the molecule is COc1ccc(NC(=O)c2c(C(=O)Nc3cccc(C)c3C)sc3nc(C)cc(=O)n23)cc1. The van der Waals surface area contributed by atoms with Crippen molar-refractivity contribution in [1.29, 1.82) is 0 Å². The smallest absolute Gasteiger partial charge is 0.274 e. The van der Waals surface area contributed by atoms with Crippen molar-refractivity contribution in [3.63, 3.8) is 0 Å². The number of amides is 2. The van der Waals surface area contributed by atoms with Gasteiger partial charge in [0, 0.05) is 23.1 Å². The van der Waals surface area contributed by atoms with Crippen molar-refractivity contribution in [2.75, 3.05) is 17.7 Å². The lowest BCUT2D eigenvalue weighted by molar-refractivity contribution is 0.0989. The van der Waals surface area contributed by atoms with Crippen LogP contribution in [0.1, 0.15) is 37.0 Å². The lowest BCUT2D eigenvalue weighted by atomic mass is 10.1. The maximum atomic E-state index is 13.3. The number of nitrogens with one attached hydrogen (secondary N) is 2. The number of fused-ring (bicyclic) bond motifs is 1. The summed E-state index contributed by atoms with van der Waals surface area (Å²) >= 11 is 0.994. The van der Waals surface area contributed by atoms with E-state index < -0.39 is 17.4 Å². The standard InChI is InChI=1S/C24H22N4O4S/c1-13-6-5-7-18(15(13)3)27-23(31)21-20(28-19(29)12-14(2)25-24(28)33-21)22(30)26-16-8-10-17(32-4)11-9-16/h5-12H,1-4H3,(H,26,30)(H,27,31). The van der Waals surface area contributed by atoms with Crippen molar-refractivity contribution in [1.82, 2.24) is 9.38 Å². The summed E-state index contributed by atoms with van der Waals surface area (Å²) in [5.74, 6) is -0.445. The summed E-state index contributed by atoms with van der Waals surface area (Å²) in [6.45, 7) is 5.54. The Labute approximate surface area is 193 Å². The average Bonchev–Trinajstić information content (AvgIpc) is 3.17. The lowest BCUT2D eigenvalue weighted by Gasteiger charge is -2.11. The van der Waals surface area contributed by atoms with Gasteiger partial charge in [0.1, 0.15) is 16.3 Å². The minimum atomic E-state index is -0.592. The van der Waals surface area contributed by atoms with E-state index in [0.717, 1.165) is 22.5 Å². The number of nitrogens with zero attached hydrogens (tertiary/aromatic N) is 2. The third kappa shape index (κ3) is 4.35. The number of hydrogen-bond donors (Lipinski definition) is 2. The van der Waals surface area contributed by atoms with Crippen LogP contribution >= 0.6 is 11.3 Å². The van der Waals surface area contributed by atoms with Gasteiger partial charge in [-0.3, -0.25) is 14.4 Å². The first-order chi connectivity index (χ1) is 15.8. The molecule has 9 heteroatoms. The van der Waals surface area contributed by atoms with Crippen LogP contribution in [0.5, 0.6) is 5.75 Å². The Morgan fingerprint density at radius 2 is 1.73 bits per heavy atom. The molecule has 0 unspecified atom stereocenters. The van der Waals surface area contributed by atoms with E-state index in [4.69, 9.17) is 4.74 Å². The number of anilines is 2. The molecule has 33 heavy (non-hydrogen) atoms. The highest BCUT2D eigenvalue weighted by Gasteiger charge is 2.26. The van der Waals surface area contributed by atoms with Crippen LogP contribution in [0, 0.1) is 20.8 Å². The largest absolute Gasteiger partial charge is 0.497 e. The van der Waals surface area contributed by atoms with Gasteiger partial charge in [-0.25, -0.2) is 9.38 Å². The monoisotopic (exact) mass is 462 g/mol. The number of ether oxygens (including phenoxy) is 1. The minimum absolute atomic E-state index is 0.0638. The summed E-state index contributed by atoms with van der Waals surface area (Å²) in [6.07, 6.45) is 0. The van der Waals surface area contributed by atoms with Crippen LogP contribution in [0.15, 0.2) is 53.3 Å². The van der Waals surface area contributed by atoms with Gasteiger partial charge in [0.05, 0.1) is 7.11 Å². The number of hydrogen-bond acceptors (Lipinski definition) is 6. The Balaban J connectivity index is 1.78. The van der Waals surface area contributed by atoms with Gasteiger partial charge in [-0.2, -0.15) is 0 Å². The highest BCUT2D eigenvalue weighted by Crippen LogP contribution is 2.26. The molecule has 2 aromatic heterocycles. The Kier molecular flexibility index (Phi) is 5.97. The predicted molar refractivity (Wildman–Crippen MR) is 129 cm³/mol. The number of benzene rings is 2. The zero-order chi connectivity index (χ0) is 23.7. The molecule has 0 saturated carbocycles. The van der Waals surface area contributed by atoms with Gasteiger partial charge in [0.2, 0.25) is 0 Å². The van der Waals surface area contributed by atoms with Crippen molar-refractivity contribution >= 4 is 39.5 Å². The van der Waals surface area contributed by atoms with Gasteiger partial charge in [-0.1, -0.05) is 23.5 Å². The summed E-state index contributed by atoms with van der Waals surface area (Å²) < 4.78 is 6.31. The van der Waals surface area contributed by atoms with E-state index in [-0.39, 0.29) is 15.5 Å². The highest BCUT2D eigenvalue weighted by atomic mass is 32.1. The molecular formula is C24H22N4O4S. The average molecular weight is 463 g/mol. The van der Waals surface area contributed by atoms with Crippen molar-refractivity contribution in [3.8, 4) is 5.75 Å². The number of thiazole rings is 1. The third-order valence-electron chi connectivity index (χ3n) is 5.27. The van der Waals surface area contributed by atoms with Crippen LogP contribution in [0.25, 0.3) is 4.96 Å². The first-order valence-electron chi connectivity index (χ1n) is 10.1. The van der Waals surface area contributed by atoms with Crippen LogP contribution in [0.4, 0.5) is 11.4 Å². The number of rotatable bonds is 5. The van der Waals surface area contributed by atoms with Crippen molar-refractivity contribution in [2.24, 2.45) is 0 Å². The summed E-state index contributed by atoms with van der Waals surface area (Å²) in [7, 11) is 1.55. The van der Waals surface area contributed by atoms with E-state index >= 15 is 0 Å². The molecular weight excluding hydrogens is 440 g/mol. The van der Waals surface area contributed by atoms with E-state index in [1.54, 1.807) is 44.4 Å². The molecule has 0 aliphatic heterocycles. The van der Waals surface area contributed by atoms with Gasteiger partial charge in [0.15, 0.2) is 4.96 Å². The number of carbonyl (C=O) groups is 2. The summed E-state index contributed by atoms with van der Waals surface area (Å²) in [5.41, 5.74) is 3.08. The van der Waals surface area contributed by atoms with E-state index in [9.17, 15) is 14.4 Å². The minimum Gasteiger partial charge on any atom is -0.497 e. The fourth-order valence-electron chi connectivity index (χ4n) is 3.37. The fourth-order valence-corrected chi connectivity index (χ4v) is 4.44. The van der Waals surface area contributed by atoms with E-state index in [1.165, 1.54) is 10.5 Å². The molecule has 0 atom stereocenters. The fraction of sp³-hybridized carbons (Fsp3) is 0.167. The van der Waals surface area contributed by atoms with Gasteiger partial charge in [-0.15, -0.1) is 0 Å². The van der Waals surface area contributed by atoms with Crippen LogP contribution in [0.3, 0.4) is 0 Å². The molecule has 168 valence electrons. The molecule has 8 nitrogen and oxygen atoms in total. The molecule has 4 rings (SSSR count). The molecule has 0 spiro atoms. The molecule has 2 aromatic carbocycles. The summed E-state index contributed by atoms with van der Waals surface area (Å²) in [5, 5.41) is 5.62. The molecule has 0 aliphatic rings. The van der Waals surface area contributed by atoms with Gasteiger partial charge in [0.25, 0.3) is 17.4 Å². The topological polar surface area (TPSA) is 102 Å². The second kappa shape index (κ2) is 8.87. The van der Waals surface area contributed by atoms with Crippen molar-refractivity contribution in [2.45, 2.75) is 20.8 Å². The molecule has 2 N–H and O–H groups in total. The lowest BCUT2D eigenvalue weighted by Crippen LogP contribution is -2.25. The number of carbonyl (C=O) groups excluding carboxylic acids is 2. The quantitative estimate of drug-likeness (QED) is 0.463. The van der Waals surface area contributed by atoms with Crippen molar-refractivity contribution < 1.29 is 14.3 Å². The summed E-state index contributed by atoms with van der Waals surface area (Å²) in [6, 6.07) is 13.7. The van der Waals surface area contributed by atoms with Crippen LogP contribution in [-0.2, 0) is 0 Å². The van der Waals surface area contributed by atoms with Crippen LogP contribution in [0.2, 0.25) is 0 Å². The molecule has 4 aromatic rings. The van der Waals surface area contributed by atoms with Gasteiger partial charge in [-0.05, 0) is 62.2 Å². The Hall–Kier alpha value is -3.98. The van der Waals surface area contributed by atoms with Gasteiger partial charge < -0.3 is 15.4 Å². The van der Waals surface area contributed by atoms with Crippen LogP contribution < -0.4 is 20.9 Å². The second-order valence-electron chi connectivity index (χ2n) is 7.52. The highest BCUT2D eigenvalue weighted by molar-refractivity contribution is 7.19. The molecule has 0 aliphatic carbocycles. The Morgan fingerprint density at radius 1 is 1.00 bits per heavy atom. The second-order valence-corrected chi connectivity index (χ2v) is 8.50. The maximum Gasteiger partial charge on any atom is 0.274 e. The van der Waals surface area contributed by atoms with Crippen molar-refractivity contribution in [3.05, 3.63) is 86.3 Å². The number of aryl methyl sites for hydroxylation is 2. The van der Waals surface area contributed by atoms with E-state index in [2.05, 4.69) is 15.6 Å². The predicted octanol–water partition coefficient (Wildman–Crippen LogP) is 4.19. The maximum absolute atomic E-state index is 13.3. The van der Waals surface area contributed by atoms with E-state index in [0.29, 0.717) is 22.8 Å². The van der Waals surface area contributed by atoms with Gasteiger partial charge >= 0.3 is 0 Å². The first-order valence-corrected chi connectivity index (χ1v) is 11.0. The molecule has 0 radical (unpaired) electrons. The first kappa shape index (κ1) is 22.2. The molecule has 0 saturated heterocycles.